The van der Waals surface area contributed by atoms with E-state index in [-0.39, 0.29) is 18.5 Å². The van der Waals surface area contributed by atoms with E-state index in [1.54, 1.807) is 29.2 Å². The van der Waals surface area contributed by atoms with Crippen molar-refractivity contribution < 1.29 is 14.3 Å². The Labute approximate surface area is 135 Å². The first-order valence-corrected chi connectivity index (χ1v) is 7.57. The maximum Gasteiger partial charge on any atom is 0.321 e. The molecule has 0 unspecified atom stereocenters. The van der Waals surface area contributed by atoms with Crippen molar-refractivity contribution in [3.63, 3.8) is 0 Å². The summed E-state index contributed by atoms with van der Waals surface area (Å²) in [4.78, 5) is 27.3. The van der Waals surface area contributed by atoms with Gasteiger partial charge in [0.25, 0.3) is 0 Å². The number of nitrogens with one attached hydrogen (secondary N) is 1. The van der Waals surface area contributed by atoms with Gasteiger partial charge in [0.05, 0.1) is 13.7 Å². The molecule has 0 aliphatic carbocycles. The van der Waals surface area contributed by atoms with Crippen LogP contribution in [0.2, 0.25) is 5.02 Å². The van der Waals surface area contributed by atoms with Gasteiger partial charge in [-0.1, -0.05) is 11.6 Å². The third-order valence-electron chi connectivity index (χ3n) is 3.55. The Kier molecular flexibility index (Phi) is 6.03. The summed E-state index contributed by atoms with van der Waals surface area (Å²) in [5, 5.41) is 3.48. The van der Waals surface area contributed by atoms with E-state index in [0.29, 0.717) is 30.3 Å². The van der Waals surface area contributed by atoms with Gasteiger partial charge >= 0.3 is 12.0 Å². The zero-order chi connectivity index (χ0) is 15.9. The van der Waals surface area contributed by atoms with Crippen molar-refractivity contribution in [2.45, 2.75) is 6.42 Å². The second-order valence-corrected chi connectivity index (χ2v) is 5.57. The average Bonchev–Trinajstić information content (AvgIpc) is 2.75. The lowest BCUT2D eigenvalue weighted by Gasteiger charge is -2.21. The van der Waals surface area contributed by atoms with Gasteiger partial charge in [-0.3, -0.25) is 9.69 Å². The number of anilines is 1. The van der Waals surface area contributed by atoms with Crippen LogP contribution in [0.25, 0.3) is 0 Å². The predicted octanol–water partition coefficient (Wildman–Crippen LogP) is 2.05. The Morgan fingerprint density at radius 3 is 2.59 bits per heavy atom. The topological polar surface area (TPSA) is 61.9 Å². The molecule has 2 rings (SSSR count). The van der Waals surface area contributed by atoms with E-state index >= 15 is 0 Å². The van der Waals surface area contributed by atoms with Crippen LogP contribution in [0.5, 0.6) is 0 Å². The fraction of sp³-hybridized carbons (Fsp3) is 0.467. The number of urea groups is 1. The smallest absolute Gasteiger partial charge is 0.321 e. The van der Waals surface area contributed by atoms with Crippen molar-refractivity contribution in [1.29, 1.82) is 0 Å². The molecule has 6 nitrogen and oxygen atoms in total. The van der Waals surface area contributed by atoms with Crippen molar-refractivity contribution in [3.05, 3.63) is 29.3 Å². The van der Waals surface area contributed by atoms with Crippen molar-refractivity contribution in [1.82, 2.24) is 9.80 Å². The molecule has 1 saturated heterocycles. The van der Waals surface area contributed by atoms with E-state index in [0.717, 1.165) is 13.0 Å². The molecule has 7 heteroatoms. The molecule has 1 heterocycles. The normalized spacial score (nSPS) is 16.0. The third kappa shape index (κ3) is 4.89. The second-order valence-electron chi connectivity index (χ2n) is 5.13. The van der Waals surface area contributed by atoms with Gasteiger partial charge < -0.3 is 15.0 Å². The van der Waals surface area contributed by atoms with Crippen LogP contribution in [0.3, 0.4) is 0 Å². The fourth-order valence-electron chi connectivity index (χ4n) is 2.31. The molecule has 0 atom stereocenters. The highest BCUT2D eigenvalue weighted by Crippen LogP contribution is 2.14. The molecular weight excluding hydrogens is 306 g/mol. The number of hydrogen-bond acceptors (Lipinski definition) is 4. The highest BCUT2D eigenvalue weighted by Gasteiger charge is 2.20. The summed E-state index contributed by atoms with van der Waals surface area (Å²) in [6.45, 7) is 2.94. The van der Waals surface area contributed by atoms with E-state index < -0.39 is 0 Å². The first kappa shape index (κ1) is 16.6. The summed E-state index contributed by atoms with van der Waals surface area (Å²) in [5.74, 6) is -0.251. The first-order chi connectivity index (χ1) is 10.6. The molecule has 0 aromatic heterocycles. The lowest BCUT2D eigenvalue weighted by atomic mass is 10.3. The number of benzene rings is 1. The number of ether oxygens (including phenoxy) is 1. The SMILES string of the molecule is COC(=O)CN1CCCN(C(=O)Nc2ccc(Cl)cc2)CC1. The number of carbonyl (C=O) groups excluding carboxylic acids is 2. The van der Waals surface area contributed by atoms with Gasteiger partial charge in [-0.05, 0) is 30.7 Å². The summed E-state index contributed by atoms with van der Waals surface area (Å²) in [6, 6.07) is 6.86. The van der Waals surface area contributed by atoms with Gasteiger partial charge in [0.15, 0.2) is 0 Å². The Morgan fingerprint density at radius 2 is 1.91 bits per heavy atom. The molecule has 2 amide bonds. The molecule has 0 spiro atoms. The Balaban J connectivity index is 1.86. The fourth-order valence-corrected chi connectivity index (χ4v) is 2.44. The van der Waals surface area contributed by atoms with Crippen LogP contribution in [0, 0.1) is 0 Å². The number of hydrogen-bond donors (Lipinski definition) is 1. The molecule has 1 aromatic carbocycles. The number of halogens is 1. The monoisotopic (exact) mass is 325 g/mol. The zero-order valence-electron chi connectivity index (χ0n) is 12.5. The maximum atomic E-state index is 12.3. The van der Waals surface area contributed by atoms with Gasteiger partial charge in [-0.15, -0.1) is 0 Å². The zero-order valence-corrected chi connectivity index (χ0v) is 13.3. The lowest BCUT2D eigenvalue weighted by molar-refractivity contribution is -0.141. The standard InChI is InChI=1S/C15H20ClN3O3/c1-22-14(20)11-18-7-2-8-19(10-9-18)15(21)17-13-5-3-12(16)4-6-13/h3-6H,2,7-11H2,1H3,(H,17,21). The summed E-state index contributed by atoms with van der Waals surface area (Å²) in [5.41, 5.74) is 0.713. The molecule has 1 aliphatic heterocycles. The van der Waals surface area contributed by atoms with Gasteiger partial charge in [0, 0.05) is 36.9 Å². The molecule has 0 bridgehead atoms. The van der Waals surface area contributed by atoms with E-state index in [9.17, 15) is 9.59 Å². The highest BCUT2D eigenvalue weighted by molar-refractivity contribution is 6.30. The Bertz CT molecular complexity index is 521. The first-order valence-electron chi connectivity index (χ1n) is 7.19. The number of amides is 2. The van der Waals surface area contributed by atoms with E-state index in [4.69, 9.17) is 11.6 Å². The predicted molar refractivity (Wildman–Crippen MR) is 85.1 cm³/mol. The molecular formula is C15H20ClN3O3. The van der Waals surface area contributed by atoms with Gasteiger partial charge in [-0.25, -0.2) is 4.79 Å². The largest absolute Gasteiger partial charge is 0.468 e. The summed E-state index contributed by atoms with van der Waals surface area (Å²) < 4.78 is 4.67. The minimum absolute atomic E-state index is 0.137. The third-order valence-corrected chi connectivity index (χ3v) is 3.80. The summed E-state index contributed by atoms with van der Waals surface area (Å²) in [7, 11) is 1.38. The van der Waals surface area contributed by atoms with Crippen LogP contribution in [-0.2, 0) is 9.53 Å². The van der Waals surface area contributed by atoms with Crippen LogP contribution in [0.4, 0.5) is 10.5 Å². The molecule has 1 N–H and O–H groups in total. The van der Waals surface area contributed by atoms with Crippen LogP contribution in [-0.4, -0.2) is 61.6 Å². The highest BCUT2D eigenvalue weighted by atomic mass is 35.5. The van der Waals surface area contributed by atoms with Crippen LogP contribution in [0.15, 0.2) is 24.3 Å². The Morgan fingerprint density at radius 1 is 1.18 bits per heavy atom. The van der Waals surface area contributed by atoms with Crippen molar-refractivity contribution in [3.8, 4) is 0 Å². The minimum atomic E-state index is -0.251. The van der Waals surface area contributed by atoms with E-state index in [1.165, 1.54) is 7.11 Å². The summed E-state index contributed by atoms with van der Waals surface area (Å²) >= 11 is 5.82. The average molecular weight is 326 g/mol. The molecule has 1 aromatic rings. The number of carbonyl (C=O) groups is 2. The molecule has 0 radical (unpaired) electrons. The van der Waals surface area contributed by atoms with Crippen molar-refractivity contribution in [2.24, 2.45) is 0 Å². The van der Waals surface area contributed by atoms with Crippen LogP contribution >= 0.6 is 11.6 Å². The van der Waals surface area contributed by atoms with Crippen LogP contribution < -0.4 is 5.32 Å². The molecule has 1 aliphatic rings. The second kappa shape index (κ2) is 8.00. The van der Waals surface area contributed by atoms with Crippen molar-refractivity contribution in [2.75, 3.05) is 45.2 Å². The molecule has 0 saturated carbocycles. The maximum absolute atomic E-state index is 12.3. The van der Waals surface area contributed by atoms with Gasteiger partial charge in [-0.2, -0.15) is 0 Å². The number of methoxy groups -OCH3 is 1. The quantitative estimate of drug-likeness (QED) is 0.864. The minimum Gasteiger partial charge on any atom is -0.468 e. The summed E-state index contributed by atoms with van der Waals surface area (Å²) in [6.07, 6.45) is 0.824. The molecule has 22 heavy (non-hydrogen) atoms. The van der Waals surface area contributed by atoms with Gasteiger partial charge in [0.2, 0.25) is 0 Å². The number of rotatable bonds is 3. The Hall–Kier alpha value is -1.79. The lowest BCUT2D eigenvalue weighted by Crippen LogP contribution is -2.39. The molecule has 1 fully saturated rings. The van der Waals surface area contributed by atoms with Crippen LogP contribution in [0.1, 0.15) is 6.42 Å². The van der Waals surface area contributed by atoms with E-state index in [1.807, 2.05) is 4.90 Å². The number of nitrogens with zero attached hydrogens (tertiary/aromatic N) is 2. The number of esters is 1. The van der Waals surface area contributed by atoms with Crippen molar-refractivity contribution >= 4 is 29.3 Å². The van der Waals surface area contributed by atoms with E-state index in [2.05, 4.69) is 10.1 Å². The molecule has 120 valence electrons. The van der Waals surface area contributed by atoms with Gasteiger partial charge in [0.1, 0.15) is 0 Å².